The molecule has 11 rings (SSSR count). The van der Waals surface area contributed by atoms with Gasteiger partial charge in [0.25, 0.3) is 0 Å². The molecule has 0 amide bonds. The van der Waals surface area contributed by atoms with E-state index in [-0.39, 0.29) is 6.71 Å². The van der Waals surface area contributed by atoms with Gasteiger partial charge in [-0.25, -0.2) is 0 Å². The van der Waals surface area contributed by atoms with Gasteiger partial charge in [0.1, 0.15) is 0 Å². The molecule has 0 saturated heterocycles. The number of aromatic nitrogens is 1. The molecule has 236 valence electrons. The Kier molecular flexibility index (Phi) is 6.28. The summed E-state index contributed by atoms with van der Waals surface area (Å²) in [6, 6.07) is 67.3. The number of thiophene rings is 1. The van der Waals surface area contributed by atoms with Crippen LogP contribution in [0.3, 0.4) is 0 Å². The highest BCUT2D eigenvalue weighted by Crippen LogP contribution is 2.40. The summed E-state index contributed by atoms with van der Waals surface area (Å²) in [6.07, 6.45) is 0. The van der Waals surface area contributed by atoms with Crippen molar-refractivity contribution in [3.8, 4) is 39.1 Å². The number of nitrogens with zero attached hydrogens (tertiary/aromatic N) is 1. The molecule has 2 aromatic heterocycles. The summed E-state index contributed by atoms with van der Waals surface area (Å²) in [5, 5.41) is 5.24. The zero-order valence-electron chi connectivity index (χ0n) is 27.8. The standard InChI is InChI=1S/C48H30BNS/c1-3-12-31(13-4-1)33-16-11-17-35(28-33)49-43-26-23-36(50-44-20-9-7-18-37(44)38-19-8-10-21-45(38)50)30-41(43)39-24-25-40-42-29-34(32-14-5-2-6-15-32)22-27-46(42)51-48(40)47(39)49/h1-30H. The molecular weight excluding hydrogens is 633 g/mol. The fourth-order valence-electron chi connectivity index (χ4n) is 8.59. The lowest BCUT2D eigenvalue weighted by Gasteiger charge is -2.14. The van der Waals surface area contributed by atoms with E-state index in [9.17, 15) is 0 Å². The molecule has 8 aromatic carbocycles. The molecule has 0 bridgehead atoms. The molecular formula is C48H30BNS. The summed E-state index contributed by atoms with van der Waals surface area (Å²) in [6.45, 7) is 0.121. The first kappa shape index (κ1) is 28.7. The summed E-state index contributed by atoms with van der Waals surface area (Å²) in [5.74, 6) is 0. The van der Waals surface area contributed by atoms with E-state index < -0.39 is 0 Å². The summed E-state index contributed by atoms with van der Waals surface area (Å²) in [5.41, 5.74) is 15.5. The van der Waals surface area contributed by atoms with Crippen molar-refractivity contribution >= 4 is 76.4 Å². The normalized spacial score (nSPS) is 12.3. The minimum absolute atomic E-state index is 0.121. The summed E-state index contributed by atoms with van der Waals surface area (Å²) >= 11 is 1.94. The molecule has 0 unspecified atom stereocenters. The molecule has 0 saturated carbocycles. The summed E-state index contributed by atoms with van der Waals surface area (Å²) < 4.78 is 5.16. The maximum Gasteiger partial charge on any atom is 0.244 e. The van der Waals surface area contributed by atoms with E-state index in [0.29, 0.717) is 0 Å². The molecule has 1 aliphatic rings. The lowest BCUT2D eigenvalue weighted by Crippen LogP contribution is -2.49. The van der Waals surface area contributed by atoms with Gasteiger partial charge in [-0.15, -0.1) is 11.3 Å². The third-order valence-corrected chi connectivity index (χ3v) is 12.1. The van der Waals surface area contributed by atoms with Crippen LogP contribution in [-0.2, 0) is 0 Å². The first-order valence-electron chi connectivity index (χ1n) is 17.6. The van der Waals surface area contributed by atoms with E-state index >= 15 is 0 Å². The molecule has 0 radical (unpaired) electrons. The van der Waals surface area contributed by atoms with Crippen LogP contribution in [-0.4, -0.2) is 11.3 Å². The highest BCUT2D eigenvalue weighted by atomic mass is 32.1. The second kappa shape index (κ2) is 11.2. The zero-order valence-corrected chi connectivity index (χ0v) is 28.6. The van der Waals surface area contributed by atoms with Crippen molar-refractivity contribution in [2.75, 3.05) is 0 Å². The molecule has 0 atom stereocenters. The first-order chi connectivity index (χ1) is 25.3. The molecule has 0 N–H and O–H groups in total. The molecule has 0 aliphatic carbocycles. The fraction of sp³-hybridized carbons (Fsp3) is 0. The van der Waals surface area contributed by atoms with Crippen molar-refractivity contribution in [3.63, 3.8) is 0 Å². The second-order valence-electron chi connectivity index (χ2n) is 13.6. The Morgan fingerprint density at radius 1 is 0.412 bits per heavy atom. The third-order valence-electron chi connectivity index (χ3n) is 10.9. The quantitative estimate of drug-likeness (QED) is 0.165. The Balaban J connectivity index is 1.17. The van der Waals surface area contributed by atoms with Crippen molar-refractivity contribution in [1.82, 2.24) is 4.57 Å². The molecule has 3 heterocycles. The van der Waals surface area contributed by atoms with Crippen molar-refractivity contribution < 1.29 is 0 Å². The molecule has 1 aliphatic heterocycles. The highest BCUT2D eigenvalue weighted by molar-refractivity contribution is 7.28. The summed E-state index contributed by atoms with van der Waals surface area (Å²) in [4.78, 5) is 0. The van der Waals surface area contributed by atoms with Crippen LogP contribution < -0.4 is 16.4 Å². The van der Waals surface area contributed by atoms with Gasteiger partial charge >= 0.3 is 0 Å². The zero-order chi connectivity index (χ0) is 33.5. The van der Waals surface area contributed by atoms with E-state index in [1.165, 1.54) is 97.4 Å². The number of hydrogen-bond donors (Lipinski definition) is 0. The van der Waals surface area contributed by atoms with Crippen molar-refractivity contribution in [2.24, 2.45) is 0 Å². The van der Waals surface area contributed by atoms with Crippen LogP contribution in [0.2, 0.25) is 0 Å². The third kappa shape index (κ3) is 4.35. The average Bonchev–Trinajstić information content (AvgIpc) is 3.86. The van der Waals surface area contributed by atoms with Crippen LogP contribution in [0.5, 0.6) is 0 Å². The van der Waals surface area contributed by atoms with Crippen molar-refractivity contribution in [1.29, 1.82) is 0 Å². The number of hydrogen-bond acceptors (Lipinski definition) is 1. The minimum Gasteiger partial charge on any atom is -0.309 e. The average molecular weight is 664 g/mol. The van der Waals surface area contributed by atoms with E-state index in [0.717, 1.165) is 0 Å². The lowest BCUT2D eigenvalue weighted by molar-refractivity contribution is 1.18. The predicted molar refractivity (Wildman–Crippen MR) is 221 cm³/mol. The van der Waals surface area contributed by atoms with Gasteiger partial charge in [0.2, 0.25) is 6.71 Å². The smallest absolute Gasteiger partial charge is 0.244 e. The first-order valence-corrected chi connectivity index (χ1v) is 18.4. The molecule has 10 aromatic rings. The number of rotatable bonds is 4. The van der Waals surface area contributed by atoms with Crippen LogP contribution >= 0.6 is 11.3 Å². The van der Waals surface area contributed by atoms with Crippen LogP contribution in [0.15, 0.2) is 182 Å². The number of benzene rings is 8. The highest BCUT2D eigenvalue weighted by Gasteiger charge is 2.36. The molecule has 1 nitrogen and oxygen atoms in total. The Morgan fingerprint density at radius 3 is 1.78 bits per heavy atom. The maximum absolute atomic E-state index is 2.45. The van der Waals surface area contributed by atoms with Crippen LogP contribution in [0.25, 0.3) is 81.0 Å². The Morgan fingerprint density at radius 2 is 1.06 bits per heavy atom. The van der Waals surface area contributed by atoms with Crippen molar-refractivity contribution in [2.45, 2.75) is 0 Å². The van der Waals surface area contributed by atoms with Gasteiger partial charge in [-0.3, -0.25) is 0 Å². The van der Waals surface area contributed by atoms with Gasteiger partial charge in [0, 0.05) is 31.2 Å². The molecule has 51 heavy (non-hydrogen) atoms. The minimum atomic E-state index is 0.121. The largest absolute Gasteiger partial charge is 0.309 e. The van der Waals surface area contributed by atoms with Crippen molar-refractivity contribution in [3.05, 3.63) is 182 Å². The number of para-hydroxylation sites is 2. The predicted octanol–water partition coefficient (Wildman–Crippen LogP) is 11.0. The fourth-order valence-corrected chi connectivity index (χ4v) is 9.85. The van der Waals surface area contributed by atoms with E-state index in [2.05, 4.69) is 187 Å². The molecule has 3 heteroatoms. The van der Waals surface area contributed by atoms with Gasteiger partial charge in [-0.05, 0) is 80.6 Å². The Bertz CT molecular complexity index is 2920. The van der Waals surface area contributed by atoms with E-state index in [1.54, 1.807) is 0 Å². The van der Waals surface area contributed by atoms with Gasteiger partial charge in [0.05, 0.1) is 11.0 Å². The summed E-state index contributed by atoms with van der Waals surface area (Å²) in [7, 11) is 0. The van der Waals surface area contributed by atoms with E-state index in [4.69, 9.17) is 0 Å². The van der Waals surface area contributed by atoms with Gasteiger partial charge in [-0.2, -0.15) is 0 Å². The van der Waals surface area contributed by atoms with Gasteiger partial charge in [-0.1, -0.05) is 157 Å². The topological polar surface area (TPSA) is 4.93 Å². The van der Waals surface area contributed by atoms with Gasteiger partial charge in [0.15, 0.2) is 0 Å². The van der Waals surface area contributed by atoms with Crippen LogP contribution in [0, 0.1) is 0 Å². The van der Waals surface area contributed by atoms with E-state index in [1.807, 2.05) is 11.3 Å². The lowest BCUT2D eigenvalue weighted by atomic mass is 9.38. The van der Waals surface area contributed by atoms with Crippen LogP contribution in [0.1, 0.15) is 0 Å². The molecule has 0 spiro atoms. The van der Waals surface area contributed by atoms with Gasteiger partial charge < -0.3 is 4.57 Å². The Hall–Kier alpha value is -6.16. The monoisotopic (exact) mass is 663 g/mol. The van der Waals surface area contributed by atoms with Crippen LogP contribution in [0.4, 0.5) is 0 Å². The SMILES string of the molecule is c1ccc(-c2cccc(B3c4ccc(-n5c6ccccc6c6ccccc65)cc4-c4ccc5c(sc6ccc(-c7ccccc7)cc65)c43)c2)cc1. The Labute approximate surface area is 300 Å². The molecule has 0 fully saturated rings. The maximum atomic E-state index is 2.45. The number of fused-ring (bicyclic) bond motifs is 10. The second-order valence-corrected chi connectivity index (χ2v) is 14.7.